The lowest BCUT2D eigenvalue weighted by Gasteiger charge is -2.16. The fourth-order valence-corrected chi connectivity index (χ4v) is 1.80. The molecule has 0 heterocycles. The van der Waals surface area contributed by atoms with Crippen LogP contribution in [0, 0.1) is 5.82 Å². The number of nitrogens with zero attached hydrogens (tertiary/aromatic N) is 1. The minimum Gasteiger partial charge on any atom is -0.354 e. The summed E-state index contributed by atoms with van der Waals surface area (Å²) in [6.07, 6.45) is 1.01. The van der Waals surface area contributed by atoms with Gasteiger partial charge in [-0.25, -0.2) is 4.39 Å². The van der Waals surface area contributed by atoms with E-state index in [-0.39, 0.29) is 5.82 Å². The second-order valence-corrected chi connectivity index (χ2v) is 5.03. The molecule has 1 aromatic rings. The van der Waals surface area contributed by atoms with Crippen LogP contribution in [-0.2, 0) is 6.54 Å². The average Bonchev–Trinajstić information content (AvgIpc) is 2.37. The second kappa shape index (κ2) is 7.36. The Kier molecular flexibility index (Phi) is 6.12. The van der Waals surface area contributed by atoms with Crippen molar-refractivity contribution in [2.24, 2.45) is 4.99 Å². The molecule has 3 nitrogen and oxygen atoms in total. The van der Waals surface area contributed by atoms with E-state index in [1.165, 1.54) is 6.07 Å². The van der Waals surface area contributed by atoms with E-state index >= 15 is 0 Å². The zero-order chi connectivity index (χ0) is 13.5. The van der Waals surface area contributed by atoms with Crippen molar-refractivity contribution in [3.8, 4) is 0 Å². The second-order valence-electron chi connectivity index (χ2n) is 4.12. The first-order valence-electron chi connectivity index (χ1n) is 5.98. The summed E-state index contributed by atoms with van der Waals surface area (Å²) in [7, 11) is 1.70. The zero-order valence-corrected chi connectivity index (χ0v) is 12.5. The van der Waals surface area contributed by atoms with E-state index in [1.807, 2.05) is 0 Å². The summed E-state index contributed by atoms with van der Waals surface area (Å²) in [5, 5.41) is 6.32. The predicted octanol–water partition coefficient (Wildman–Crippen LogP) is 3.05. The van der Waals surface area contributed by atoms with Gasteiger partial charge in [0.15, 0.2) is 5.96 Å². The Morgan fingerprint density at radius 1 is 1.50 bits per heavy atom. The van der Waals surface area contributed by atoms with Gasteiger partial charge in [0.1, 0.15) is 5.82 Å². The van der Waals surface area contributed by atoms with E-state index in [1.54, 1.807) is 19.2 Å². The van der Waals surface area contributed by atoms with E-state index in [9.17, 15) is 4.39 Å². The summed E-state index contributed by atoms with van der Waals surface area (Å²) in [6, 6.07) is 5.24. The predicted molar refractivity (Wildman–Crippen MR) is 77.2 cm³/mol. The summed E-state index contributed by atoms with van der Waals surface area (Å²) in [6.45, 7) is 4.58. The van der Waals surface area contributed by atoms with Crippen LogP contribution in [-0.4, -0.2) is 19.0 Å². The molecule has 0 saturated carbocycles. The van der Waals surface area contributed by atoms with Crippen molar-refractivity contribution in [2.75, 3.05) is 7.05 Å². The Morgan fingerprint density at radius 2 is 2.22 bits per heavy atom. The number of hydrogen-bond donors (Lipinski definition) is 2. The molecule has 0 aromatic heterocycles. The third kappa shape index (κ3) is 4.64. The Bertz CT molecular complexity index is 421. The summed E-state index contributed by atoms with van der Waals surface area (Å²) in [4.78, 5) is 4.10. The van der Waals surface area contributed by atoms with E-state index in [2.05, 4.69) is 45.4 Å². The third-order valence-corrected chi connectivity index (χ3v) is 3.17. The number of benzene rings is 1. The van der Waals surface area contributed by atoms with Crippen LogP contribution in [0.2, 0.25) is 0 Å². The van der Waals surface area contributed by atoms with Crippen molar-refractivity contribution in [1.29, 1.82) is 0 Å². The molecule has 0 fully saturated rings. The standard InChI is InChI=1S/C13H19BrFN3/c1-4-9(2)18-13(16-3)17-8-10-7-11(14)5-6-12(10)15/h5-7,9H,4,8H2,1-3H3,(H2,16,17,18). The van der Waals surface area contributed by atoms with Gasteiger partial charge < -0.3 is 10.6 Å². The van der Waals surface area contributed by atoms with E-state index in [0.29, 0.717) is 24.1 Å². The van der Waals surface area contributed by atoms with Crippen LogP contribution in [0.4, 0.5) is 4.39 Å². The lowest BCUT2D eigenvalue weighted by Crippen LogP contribution is -2.41. The van der Waals surface area contributed by atoms with Crippen molar-refractivity contribution in [3.05, 3.63) is 34.1 Å². The maximum absolute atomic E-state index is 13.5. The molecule has 0 saturated heterocycles. The van der Waals surface area contributed by atoms with Crippen LogP contribution >= 0.6 is 15.9 Å². The highest BCUT2D eigenvalue weighted by atomic mass is 79.9. The maximum atomic E-state index is 13.5. The first-order valence-corrected chi connectivity index (χ1v) is 6.77. The highest BCUT2D eigenvalue weighted by molar-refractivity contribution is 9.10. The van der Waals surface area contributed by atoms with Crippen LogP contribution in [0.3, 0.4) is 0 Å². The molecule has 2 N–H and O–H groups in total. The first-order chi connectivity index (χ1) is 8.56. The molecule has 5 heteroatoms. The van der Waals surface area contributed by atoms with Crippen LogP contribution in [0.25, 0.3) is 0 Å². The molecule has 18 heavy (non-hydrogen) atoms. The van der Waals surface area contributed by atoms with Gasteiger partial charge in [0.2, 0.25) is 0 Å². The Balaban J connectivity index is 2.60. The molecule has 1 aromatic carbocycles. The fraction of sp³-hybridized carbons (Fsp3) is 0.462. The molecule has 1 atom stereocenters. The molecule has 100 valence electrons. The van der Waals surface area contributed by atoms with Crippen molar-refractivity contribution >= 4 is 21.9 Å². The Hall–Kier alpha value is -1.10. The molecule has 0 aliphatic heterocycles. The maximum Gasteiger partial charge on any atom is 0.191 e. The number of nitrogens with one attached hydrogen (secondary N) is 2. The molecule has 0 aliphatic carbocycles. The number of halogens is 2. The van der Waals surface area contributed by atoms with Gasteiger partial charge in [-0.1, -0.05) is 22.9 Å². The van der Waals surface area contributed by atoms with Gasteiger partial charge in [-0.3, -0.25) is 4.99 Å². The van der Waals surface area contributed by atoms with Gasteiger partial charge >= 0.3 is 0 Å². The van der Waals surface area contributed by atoms with Gasteiger partial charge in [-0.2, -0.15) is 0 Å². The molecule has 0 radical (unpaired) electrons. The summed E-state index contributed by atoms with van der Waals surface area (Å²) >= 11 is 3.33. The molecular weight excluding hydrogens is 297 g/mol. The SMILES string of the molecule is CCC(C)NC(=NC)NCc1cc(Br)ccc1F. The smallest absolute Gasteiger partial charge is 0.191 e. The topological polar surface area (TPSA) is 36.4 Å². The van der Waals surface area contributed by atoms with Crippen LogP contribution in [0.1, 0.15) is 25.8 Å². The molecule has 0 amide bonds. The molecular formula is C13H19BrFN3. The number of guanidine groups is 1. The zero-order valence-electron chi connectivity index (χ0n) is 10.9. The van der Waals surface area contributed by atoms with Crippen molar-refractivity contribution in [2.45, 2.75) is 32.9 Å². The van der Waals surface area contributed by atoms with Gasteiger partial charge in [0, 0.05) is 29.7 Å². The van der Waals surface area contributed by atoms with Crippen molar-refractivity contribution in [1.82, 2.24) is 10.6 Å². The molecule has 1 unspecified atom stereocenters. The van der Waals surface area contributed by atoms with E-state index in [4.69, 9.17) is 0 Å². The minimum absolute atomic E-state index is 0.218. The minimum atomic E-state index is -0.218. The quantitative estimate of drug-likeness (QED) is 0.662. The monoisotopic (exact) mass is 315 g/mol. The largest absolute Gasteiger partial charge is 0.354 e. The van der Waals surface area contributed by atoms with Gasteiger partial charge in [0.05, 0.1) is 0 Å². The lowest BCUT2D eigenvalue weighted by atomic mass is 10.2. The fourth-order valence-electron chi connectivity index (χ4n) is 1.39. The van der Waals surface area contributed by atoms with E-state index in [0.717, 1.165) is 10.9 Å². The number of aliphatic imine (C=N–C) groups is 1. The van der Waals surface area contributed by atoms with Gasteiger partial charge in [-0.05, 0) is 31.5 Å². The summed E-state index contributed by atoms with van der Waals surface area (Å²) in [5.41, 5.74) is 0.608. The molecule has 0 aliphatic rings. The first kappa shape index (κ1) is 15.0. The third-order valence-electron chi connectivity index (χ3n) is 2.67. The Morgan fingerprint density at radius 3 is 2.83 bits per heavy atom. The highest BCUT2D eigenvalue weighted by Crippen LogP contribution is 2.15. The summed E-state index contributed by atoms with van der Waals surface area (Å²) < 4.78 is 14.4. The van der Waals surface area contributed by atoms with Crippen LogP contribution < -0.4 is 10.6 Å². The van der Waals surface area contributed by atoms with Crippen LogP contribution in [0.5, 0.6) is 0 Å². The lowest BCUT2D eigenvalue weighted by molar-refractivity contribution is 0.597. The van der Waals surface area contributed by atoms with Crippen molar-refractivity contribution < 1.29 is 4.39 Å². The van der Waals surface area contributed by atoms with E-state index < -0.39 is 0 Å². The highest BCUT2D eigenvalue weighted by Gasteiger charge is 2.06. The van der Waals surface area contributed by atoms with Crippen LogP contribution in [0.15, 0.2) is 27.7 Å². The molecule has 1 rings (SSSR count). The molecule has 0 bridgehead atoms. The Labute approximate surface area is 116 Å². The number of hydrogen-bond acceptors (Lipinski definition) is 1. The normalized spacial score (nSPS) is 13.3. The molecule has 0 spiro atoms. The summed E-state index contributed by atoms with van der Waals surface area (Å²) in [5.74, 6) is 0.466. The van der Waals surface area contributed by atoms with Gasteiger partial charge in [-0.15, -0.1) is 0 Å². The van der Waals surface area contributed by atoms with Crippen molar-refractivity contribution in [3.63, 3.8) is 0 Å². The van der Waals surface area contributed by atoms with Gasteiger partial charge in [0.25, 0.3) is 0 Å². The average molecular weight is 316 g/mol. The number of rotatable bonds is 4.